The van der Waals surface area contributed by atoms with Gasteiger partial charge in [0.05, 0.1) is 4.90 Å². The van der Waals surface area contributed by atoms with Crippen molar-refractivity contribution in [1.29, 1.82) is 0 Å². The molecule has 1 fully saturated rings. The smallest absolute Gasteiger partial charge is 0.287 e. The highest BCUT2D eigenvalue weighted by Gasteiger charge is 2.24. The molecule has 7 nitrogen and oxygen atoms in total. The quantitative estimate of drug-likeness (QED) is 0.705. The molecule has 1 N–H and O–H groups in total. The summed E-state index contributed by atoms with van der Waals surface area (Å²) in [4.78, 5) is 12.8. The molecule has 29 heavy (non-hydrogen) atoms. The van der Waals surface area contributed by atoms with E-state index in [0.29, 0.717) is 42.1 Å². The highest BCUT2D eigenvalue weighted by Crippen LogP contribution is 2.29. The molecular weight excluding hydrogens is 392 g/mol. The molecule has 1 amide bonds. The minimum atomic E-state index is -3.57. The first-order valence-electron chi connectivity index (χ1n) is 10.3. The number of hydrogen-bond donors (Lipinski definition) is 1. The molecule has 1 aromatic carbocycles. The molecule has 0 aliphatic carbocycles. The summed E-state index contributed by atoms with van der Waals surface area (Å²) in [6.45, 7) is 8.38. The summed E-state index contributed by atoms with van der Waals surface area (Å²) in [5, 5.41) is 3.58. The maximum Gasteiger partial charge on any atom is 0.287 e. The maximum atomic E-state index is 12.8. The summed E-state index contributed by atoms with van der Waals surface area (Å²) in [6, 6.07) is 4.75. The third kappa shape index (κ3) is 4.65. The molecular formula is C21H30N2O5S. The summed E-state index contributed by atoms with van der Waals surface area (Å²) < 4.78 is 38.1. The fourth-order valence-electron chi connectivity index (χ4n) is 3.79. The van der Waals surface area contributed by atoms with Crippen molar-refractivity contribution in [3.05, 3.63) is 29.5 Å². The van der Waals surface area contributed by atoms with Crippen LogP contribution in [0.15, 0.2) is 27.5 Å². The third-order valence-electron chi connectivity index (χ3n) is 5.64. The topological polar surface area (TPSA) is 88.9 Å². The Morgan fingerprint density at radius 1 is 1.21 bits per heavy atom. The number of rotatable bonds is 8. The van der Waals surface area contributed by atoms with E-state index < -0.39 is 10.0 Å². The van der Waals surface area contributed by atoms with E-state index in [2.05, 4.69) is 5.32 Å². The monoisotopic (exact) mass is 422 g/mol. The number of furan rings is 1. The Balaban J connectivity index is 1.76. The first kappa shape index (κ1) is 21.8. The number of carbonyl (C=O) groups is 1. The second-order valence-corrected chi connectivity index (χ2v) is 9.34. The Labute approximate surface area is 172 Å². The number of sulfonamides is 1. The Hall–Kier alpha value is -1.90. The average molecular weight is 423 g/mol. The summed E-state index contributed by atoms with van der Waals surface area (Å²) in [5.74, 6) is 0.553. The van der Waals surface area contributed by atoms with Gasteiger partial charge in [0.25, 0.3) is 5.91 Å². The van der Waals surface area contributed by atoms with Crippen LogP contribution in [0.2, 0.25) is 0 Å². The highest BCUT2D eigenvalue weighted by molar-refractivity contribution is 7.89. The molecule has 0 atom stereocenters. The molecule has 0 spiro atoms. The first-order valence-corrected chi connectivity index (χ1v) is 11.7. The fraction of sp³-hybridized carbons (Fsp3) is 0.571. The molecule has 0 unspecified atom stereocenters. The molecule has 1 aromatic heterocycles. The highest BCUT2D eigenvalue weighted by atomic mass is 32.2. The molecule has 0 saturated carbocycles. The van der Waals surface area contributed by atoms with Gasteiger partial charge in [-0.25, -0.2) is 8.42 Å². The van der Waals surface area contributed by atoms with Crippen LogP contribution in [0.1, 0.15) is 49.2 Å². The summed E-state index contributed by atoms with van der Waals surface area (Å²) in [7, 11) is -3.57. The number of carbonyl (C=O) groups excluding carboxylic acids is 1. The Morgan fingerprint density at radius 3 is 2.55 bits per heavy atom. The van der Waals surface area contributed by atoms with Crippen molar-refractivity contribution in [3.63, 3.8) is 0 Å². The van der Waals surface area contributed by atoms with Gasteiger partial charge in [0.15, 0.2) is 5.76 Å². The SMILES string of the molecule is CCN(CC)S(=O)(=O)c1ccc2oc(C(=O)NCCC3CCOCC3)c(C)c2c1. The second-order valence-electron chi connectivity index (χ2n) is 7.40. The molecule has 2 aromatic rings. The number of benzene rings is 1. The van der Waals surface area contributed by atoms with Gasteiger partial charge in [-0.15, -0.1) is 0 Å². The Bertz CT molecular complexity index is 957. The number of nitrogens with one attached hydrogen (secondary N) is 1. The molecule has 160 valence electrons. The van der Waals surface area contributed by atoms with Crippen molar-refractivity contribution in [1.82, 2.24) is 9.62 Å². The van der Waals surface area contributed by atoms with Crippen LogP contribution in [0.25, 0.3) is 11.0 Å². The lowest BCUT2D eigenvalue weighted by atomic mass is 9.97. The maximum absolute atomic E-state index is 12.8. The summed E-state index contributed by atoms with van der Waals surface area (Å²) >= 11 is 0. The van der Waals surface area contributed by atoms with Crippen LogP contribution < -0.4 is 5.32 Å². The van der Waals surface area contributed by atoms with Crippen LogP contribution in [0.5, 0.6) is 0 Å². The van der Waals surface area contributed by atoms with E-state index in [-0.39, 0.29) is 16.6 Å². The lowest BCUT2D eigenvalue weighted by Crippen LogP contribution is -2.30. The minimum Gasteiger partial charge on any atom is -0.451 e. The molecule has 2 heterocycles. The van der Waals surface area contributed by atoms with Gasteiger partial charge in [-0.05, 0) is 50.3 Å². The van der Waals surface area contributed by atoms with E-state index in [0.717, 1.165) is 32.5 Å². The predicted molar refractivity (Wildman–Crippen MR) is 112 cm³/mol. The predicted octanol–water partition coefficient (Wildman–Crippen LogP) is 3.32. The summed E-state index contributed by atoms with van der Waals surface area (Å²) in [5.41, 5.74) is 1.16. The Morgan fingerprint density at radius 2 is 1.90 bits per heavy atom. The number of amides is 1. The second kappa shape index (κ2) is 9.28. The van der Waals surface area contributed by atoms with Crippen molar-refractivity contribution in [2.45, 2.75) is 44.9 Å². The molecule has 1 aliphatic rings. The van der Waals surface area contributed by atoms with Crippen LogP contribution in [0.4, 0.5) is 0 Å². The Kier molecular flexibility index (Phi) is 6.97. The molecule has 3 rings (SSSR count). The van der Waals surface area contributed by atoms with E-state index in [1.165, 1.54) is 10.4 Å². The molecule has 0 bridgehead atoms. The zero-order valence-corrected chi connectivity index (χ0v) is 18.2. The van der Waals surface area contributed by atoms with Crippen LogP contribution in [0, 0.1) is 12.8 Å². The van der Waals surface area contributed by atoms with Crippen molar-refractivity contribution in [3.8, 4) is 0 Å². The van der Waals surface area contributed by atoms with Gasteiger partial charge in [0.1, 0.15) is 5.58 Å². The third-order valence-corrected chi connectivity index (χ3v) is 7.68. The van der Waals surface area contributed by atoms with Gasteiger partial charge in [-0.2, -0.15) is 4.31 Å². The number of fused-ring (bicyclic) bond motifs is 1. The van der Waals surface area contributed by atoms with Gasteiger partial charge < -0.3 is 14.5 Å². The molecule has 1 aliphatic heterocycles. The van der Waals surface area contributed by atoms with Crippen LogP contribution in [0.3, 0.4) is 0 Å². The molecule has 8 heteroatoms. The average Bonchev–Trinajstić information content (AvgIpc) is 3.05. The van der Waals surface area contributed by atoms with E-state index in [1.807, 2.05) is 13.8 Å². The van der Waals surface area contributed by atoms with Crippen LogP contribution in [-0.2, 0) is 14.8 Å². The zero-order valence-electron chi connectivity index (χ0n) is 17.4. The lowest BCUT2D eigenvalue weighted by molar-refractivity contribution is 0.0635. The van der Waals surface area contributed by atoms with Gasteiger partial charge >= 0.3 is 0 Å². The zero-order chi connectivity index (χ0) is 21.0. The lowest BCUT2D eigenvalue weighted by Gasteiger charge is -2.21. The van der Waals surface area contributed by atoms with Crippen molar-refractivity contribution in [2.75, 3.05) is 32.8 Å². The number of hydrogen-bond acceptors (Lipinski definition) is 5. The van der Waals surface area contributed by atoms with Crippen molar-refractivity contribution in [2.24, 2.45) is 5.92 Å². The van der Waals surface area contributed by atoms with E-state index >= 15 is 0 Å². The standard InChI is InChI=1S/C21H30N2O5S/c1-4-23(5-2)29(25,26)17-6-7-19-18(14-17)15(3)20(28-19)21(24)22-11-8-16-9-12-27-13-10-16/h6-7,14,16H,4-5,8-13H2,1-3H3,(H,22,24). The van der Waals surface area contributed by atoms with Crippen molar-refractivity contribution < 1.29 is 22.4 Å². The van der Waals surface area contributed by atoms with E-state index in [9.17, 15) is 13.2 Å². The van der Waals surface area contributed by atoms with Crippen molar-refractivity contribution >= 4 is 26.9 Å². The van der Waals surface area contributed by atoms with Crippen LogP contribution in [-0.4, -0.2) is 51.5 Å². The molecule has 1 saturated heterocycles. The normalized spacial score (nSPS) is 15.9. The van der Waals surface area contributed by atoms with E-state index in [1.54, 1.807) is 19.1 Å². The number of aryl methyl sites for hydroxylation is 1. The van der Waals surface area contributed by atoms with Crippen LogP contribution >= 0.6 is 0 Å². The van der Waals surface area contributed by atoms with Gasteiger partial charge in [0, 0.05) is 43.8 Å². The fourth-order valence-corrected chi connectivity index (χ4v) is 5.28. The summed E-state index contributed by atoms with van der Waals surface area (Å²) in [6.07, 6.45) is 2.98. The van der Waals surface area contributed by atoms with E-state index in [4.69, 9.17) is 9.15 Å². The molecule has 0 radical (unpaired) electrons. The largest absolute Gasteiger partial charge is 0.451 e. The minimum absolute atomic E-state index is 0.212. The van der Waals surface area contributed by atoms with Gasteiger partial charge in [-0.3, -0.25) is 4.79 Å². The first-order chi connectivity index (χ1) is 13.9. The number of ether oxygens (including phenoxy) is 1. The number of nitrogens with zero attached hydrogens (tertiary/aromatic N) is 1. The van der Waals surface area contributed by atoms with Gasteiger partial charge in [0.2, 0.25) is 10.0 Å². The van der Waals surface area contributed by atoms with Gasteiger partial charge in [-0.1, -0.05) is 13.8 Å².